The van der Waals surface area contributed by atoms with Crippen molar-refractivity contribution in [3.63, 3.8) is 0 Å². The van der Waals surface area contributed by atoms with Crippen molar-refractivity contribution in [2.75, 3.05) is 25.7 Å². The zero-order valence-corrected chi connectivity index (χ0v) is 21.6. The van der Waals surface area contributed by atoms with E-state index >= 15 is 0 Å². The Morgan fingerprint density at radius 3 is 1.37 bits per heavy atom. The number of ether oxygens (including phenoxy) is 3. The van der Waals surface area contributed by atoms with E-state index in [1.54, 1.807) is 0 Å². The summed E-state index contributed by atoms with van der Waals surface area (Å²) >= 11 is 5.99. The van der Waals surface area contributed by atoms with E-state index in [0.29, 0.717) is 19.8 Å². The van der Waals surface area contributed by atoms with Crippen LogP contribution < -0.4 is 0 Å². The lowest BCUT2D eigenvalue weighted by Gasteiger charge is -2.40. The van der Waals surface area contributed by atoms with Crippen molar-refractivity contribution >= 4 is 11.6 Å². The van der Waals surface area contributed by atoms with E-state index in [2.05, 4.69) is 27.7 Å². The van der Waals surface area contributed by atoms with E-state index < -0.39 is 5.97 Å². The van der Waals surface area contributed by atoms with Gasteiger partial charge in [-0.25, -0.2) is 0 Å². The molecule has 0 aliphatic rings. The van der Waals surface area contributed by atoms with E-state index in [-0.39, 0.29) is 5.92 Å². The number of hydrogen-bond acceptors (Lipinski definition) is 3. The molecule has 1 atom stereocenters. The summed E-state index contributed by atoms with van der Waals surface area (Å²) in [6.07, 6.45) is 18.7. The number of alkyl halides is 1. The molecule has 0 fully saturated rings. The van der Waals surface area contributed by atoms with Gasteiger partial charge in [-0.05, 0) is 38.5 Å². The van der Waals surface area contributed by atoms with Gasteiger partial charge in [-0.15, -0.1) is 11.6 Å². The van der Waals surface area contributed by atoms with Crippen LogP contribution in [0, 0.1) is 5.92 Å². The van der Waals surface area contributed by atoms with Crippen LogP contribution in [0.1, 0.15) is 130 Å². The molecule has 0 aromatic heterocycles. The number of unbranched alkanes of at least 4 members (excludes halogenated alkanes) is 9. The fourth-order valence-electron chi connectivity index (χ4n) is 3.71. The molecule has 0 rings (SSSR count). The maximum atomic E-state index is 6.47. The predicted octanol–water partition coefficient (Wildman–Crippen LogP) is 8.87. The van der Waals surface area contributed by atoms with Gasteiger partial charge in [0, 0.05) is 11.8 Å². The van der Waals surface area contributed by atoms with E-state index in [4.69, 9.17) is 25.8 Å². The summed E-state index contributed by atoms with van der Waals surface area (Å²) in [5.41, 5.74) is 0. The normalized spacial score (nSPS) is 13.1. The molecule has 0 saturated carbocycles. The Bertz CT molecular complexity index is 312. The molecule has 0 heterocycles. The summed E-state index contributed by atoms with van der Waals surface area (Å²) in [6.45, 7) is 11.0. The van der Waals surface area contributed by atoms with Gasteiger partial charge in [0.2, 0.25) is 0 Å². The Morgan fingerprint density at radius 2 is 0.933 bits per heavy atom. The quantitative estimate of drug-likeness (QED) is 0.0837. The van der Waals surface area contributed by atoms with Crippen LogP contribution in [-0.4, -0.2) is 31.7 Å². The summed E-state index contributed by atoms with van der Waals surface area (Å²) in [4.78, 5) is 0. The molecule has 0 aliphatic carbocycles. The van der Waals surface area contributed by atoms with Crippen LogP contribution in [0.2, 0.25) is 0 Å². The van der Waals surface area contributed by atoms with Crippen LogP contribution in [0.5, 0.6) is 0 Å². The Kier molecular flexibility index (Phi) is 22.5. The predicted molar refractivity (Wildman–Crippen MR) is 131 cm³/mol. The van der Waals surface area contributed by atoms with Crippen molar-refractivity contribution in [3.05, 3.63) is 0 Å². The van der Waals surface area contributed by atoms with Gasteiger partial charge < -0.3 is 14.2 Å². The largest absolute Gasteiger partial charge is 0.327 e. The summed E-state index contributed by atoms with van der Waals surface area (Å²) in [5.74, 6) is 0.119. The summed E-state index contributed by atoms with van der Waals surface area (Å²) in [6, 6.07) is 0. The van der Waals surface area contributed by atoms with Gasteiger partial charge in [0.15, 0.2) is 0 Å². The third-order valence-corrected chi connectivity index (χ3v) is 6.01. The number of rotatable bonds is 24. The third-order valence-electron chi connectivity index (χ3n) is 5.75. The molecule has 0 N–H and O–H groups in total. The van der Waals surface area contributed by atoms with E-state index in [1.807, 2.05) is 0 Å². The lowest BCUT2D eigenvalue weighted by molar-refractivity contribution is -0.407. The van der Waals surface area contributed by atoms with E-state index in [1.165, 1.54) is 38.5 Å². The minimum Gasteiger partial charge on any atom is -0.327 e. The molecule has 0 saturated heterocycles. The maximum absolute atomic E-state index is 6.47. The minimum atomic E-state index is -0.880. The van der Waals surface area contributed by atoms with Crippen molar-refractivity contribution in [2.45, 2.75) is 136 Å². The van der Waals surface area contributed by atoms with Crippen LogP contribution in [0.3, 0.4) is 0 Å². The van der Waals surface area contributed by atoms with Gasteiger partial charge in [0.25, 0.3) is 5.97 Å². The average Bonchev–Trinajstić information content (AvgIpc) is 2.75. The SMILES string of the molecule is CCCCCCCCC(CCCCCl)C(OCCCC)(OCCCC)OCCCC. The van der Waals surface area contributed by atoms with Crippen LogP contribution in [0.25, 0.3) is 0 Å². The molecule has 0 spiro atoms. The van der Waals surface area contributed by atoms with Crippen molar-refractivity contribution < 1.29 is 14.2 Å². The number of halogens is 1. The highest BCUT2D eigenvalue weighted by atomic mass is 35.5. The van der Waals surface area contributed by atoms with Gasteiger partial charge in [0.1, 0.15) is 0 Å². The second-order valence-electron chi connectivity index (χ2n) is 8.65. The monoisotopic (exact) mass is 448 g/mol. The highest BCUT2D eigenvalue weighted by molar-refractivity contribution is 6.17. The van der Waals surface area contributed by atoms with Crippen LogP contribution in [0.4, 0.5) is 0 Å². The topological polar surface area (TPSA) is 27.7 Å². The molecule has 0 amide bonds. The van der Waals surface area contributed by atoms with Gasteiger partial charge in [0.05, 0.1) is 19.8 Å². The van der Waals surface area contributed by atoms with Crippen molar-refractivity contribution in [2.24, 2.45) is 5.92 Å². The molecule has 0 aromatic rings. The Labute approximate surface area is 194 Å². The molecular formula is C26H53ClO3. The second-order valence-corrected chi connectivity index (χ2v) is 9.03. The highest BCUT2D eigenvalue weighted by Gasteiger charge is 2.42. The van der Waals surface area contributed by atoms with E-state index in [9.17, 15) is 0 Å². The van der Waals surface area contributed by atoms with Gasteiger partial charge in [-0.3, -0.25) is 0 Å². The summed E-state index contributed by atoms with van der Waals surface area (Å²) in [5, 5.41) is 0. The molecule has 30 heavy (non-hydrogen) atoms. The lowest BCUT2D eigenvalue weighted by atomic mass is 9.92. The Morgan fingerprint density at radius 1 is 0.533 bits per heavy atom. The first-order valence-electron chi connectivity index (χ1n) is 13.2. The fraction of sp³-hybridized carbons (Fsp3) is 1.00. The van der Waals surface area contributed by atoms with E-state index in [0.717, 1.165) is 70.1 Å². The first-order chi connectivity index (χ1) is 14.7. The minimum absolute atomic E-state index is 0.275. The molecule has 1 unspecified atom stereocenters. The first-order valence-corrected chi connectivity index (χ1v) is 13.7. The third kappa shape index (κ3) is 15.1. The molecule has 182 valence electrons. The van der Waals surface area contributed by atoms with Gasteiger partial charge in [-0.2, -0.15) is 0 Å². The fourth-order valence-corrected chi connectivity index (χ4v) is 3.90. The van der Waals surface area contributed by atoms with Gasteiger partial charge >= 0.3 is 0 Å². The zero-order valence-electron chi connectivity index (χ0n) is 20.8. The average molecular weight is 449 g/mol. The smallest absolute Gasteiger partial charge is 0.285 e. The molecule has 0 radical (unpaired) electrons. The standard InChI is InChI=1S/C26H53ClO3/c1-5-9-13-14-15-16-19-25(20-17-18-21-27)26(28-22-10-6-2,29-23-11-7-3)30-24-12-8-4/h25H,5-24H2,1-4H3. The van der Waals surface area contributed by atoms with Crippen molar-refractivity contribution in [3.8, 4) is 0 Å². The Hall–Kier alpha value is 0.170. The molecular weight excluding hydrogens is 396 g/mol. The molecule has 4 heteroatoms. The first kappa shape index (κ1) is 30.2. The van der Waals surface area contributed by atoms with Crippen LogP contribution in [0.15, 0.2) is 0 Å². The Balaban J connectivity index is 5.25. The molecule has 0 bridgehead atoms. The lowest BCUT2D eigenvalue weighted by Crippen LogP contribution is -2.47. The summed E-state index contributed by atoms with van der Waals surface area (Å²) in [7, 11) is 0. The van der Waals surface area contributed by atoms with Gasteiger partial charge in [-0.1, -0.05) is 91.9 Å². The molecule has 0 aliphatic heterocycles. The zero-order chi connectivity index (χ0) is 22.3. The number of hydrogen-bond donors (Lipinski definition) is 0. The molecule has 3 nitrogen and oxygen atoms in total. The molecule has 0 aromatic carbocycles. The van der Waals surface area contributed by atoms with Crippen molar-refractivity contribution in [1.82, 2.24) is 0 Å². The highest BCUT2D eigenvalue weighted by Crippen LogP contribution is 2.35. The summed E-state index contributed by atoms with van der Waals surface area (Å²) < 4.78 is 19.4. The second kappa shape index (κ2) is 22.4. The van der Waals surface area contributed by atoms with Crippen LogP contribution in [-0.2, 0) is 14.2 Å². The maximum Gasteiger partial charge on any atom is 0.285 e. The van der Waals surface area contributed by atoms with Crippen LogP contribution >= 0.6 is 11.6 Å². The van der Waals surface area contributed by atoms with Crippen molar-refractivity contribution in [1.29, 1.82) is 0 Å².